The monoisotopic (exact) mass is 415 g/mol. The summed E-state index contributed by atoms with van der Waals surface area (Å²) in [6.07, 6.45) is 10.2. The molecule has 0 aromatic rings. The lowest BCUT2D eigenvalue weighted by molar-refractivity contribution is -0.141. The van der Waals surface area contributed by atoms with Crippen molar-refractivity contribution in [1.29, 1.82) is 0 Å². The van der Waals surface area contributed by atoms with Crippen molar-refractivity contribution in [1.82, 2.24) is 15.5 Å². The number of likely N-dealkylation sites (tertiary alicyclic amines) is 1. The molecule has 7 heteroatoms. The zero-order valence-corrected chi connectivity index (χ0v) is 18.1. The van der Waals surface area contributed by atoms with Crippen LogP contribution in [0.1, 0.15) is 52.9 Å². The third-order valence-electron chi connectivity index (χ3n) is 6.70. The van der Waals surface area contributed by atoms with Gasteiger partial charge in [-0.1, -0.05) is 37.5 Å². The third-order valence-corrected chi connectivity index (χ3v) is 6.70. The van der Waals surface area contributed by atoms with Gasteiger partial charge in [-0.2, -0.15) is 0 Å². The van der Waals surface area contributed by atoms with Gasteiger partial charge in [-0.05, 0) is 33.6 Å². The van der Waals surface area contributed by atoms with E-state index in [0.29, 0.717) is 0 Å². The minimum absolute atomic E-state index is 0.132. The average molecular weight is 416 g/mol. The van der Waals surface area contributed by atoms with Crippen LogP contribution in [-0.2, 0) is 19.1 Å². The van der Waals surface area contributed by atoms with E-state index >= 15 is 0 Å². The van der Waals surface area contributed by atoms with Crippen molar-refractivity contribution in [3.8, 4) is 0 Å². The fraction of sp³-hybridized carbons (Fsp3) is 0.696. The summed E-state index contributed by atoms with van der Waals surface area (Å²) < 4.78 is 6.27. The second kappa shape index (κ2) is 7.52. The topological polar surface area (TPSA) is 87.7 Å². The van der Waals surface area contributed by atoms with Crippen LogP contribution in [0.2, 0.25) is 0 Å². The predicted molar refractivity (Wildman–Crippen MR) is 112 cm³/mol. The molecular formula is C23H33N3O4. The average Bonchev–Trinajstić information content (AvgIpc) is 3.29. The lowest BCUT2D eigenvalue weighted by atomic mass is 9.74. The van der Waals surface area contributed by atoms with Crippen LogP contribution in [0.4, 0.5) is 0 Å². The Balaban J connectivity index is 1.63. The van der Waals surface area contributed by atoms with Crippen LogP contribution in [0, 0.1) is 11.8 Å². The SMILES string of the molecule is C=CCN1C(=O)[C@H]2[C@@H](C(=O)NC3CCCCC3)[C@H]3C=C[C@]2(O3)[C@H]1C(=O)NC(C)(C)C. The van der Waals surface area contributed by atoms with E-state index in [1.165, 1.54) is 11.3 Å². The van der Waals surface area contributed by atoms with Crippen molar-refractivity contribution in [2.75, 3.05) is 6.54 Å². The molecule has 2 bridgehead atoms. The number of carbonyl (C=O) groups excluding carboxylic acids is 3. The molecule has 7 nitrogen and oxygen atoms in total. The first-order valence-corrected chi connectivity index (χ1v) is 11.1. The molecule has 3 heterocycles. The summed E-state index contributed by atoms with van der Waals surface area (Å²) in [6.45, 7) is 9.68. The van der Waals surface area contributed by atoms with Crippen LogP contribution in [0.25, 0.3) is 0 Å². The van der Waals surface area contributed by atoms with E-state index in [-0.39, 0.29) is 30.3 Å². The molecule has 1 saturated carbocycles. The molecule has 0 unspecified atom stereocenters. The van der Waals surface area contributed by atoms with E-state index in [1.54, 1.807) is 6.08 Å². The largest absolute Gasteiger partial charge is 0.359 e. The molecule has 4 aliphatic rings. The maximum atomic E-state index is 13.5. The molecule has 30 heavy (non-hydrogen) atoms. The van der Waals surface area contributed by atoms with Crippen molar-refractivity contribution in [2.24, 2.45) is 11.8 Å². The van der Waals surface area contributed by atoms with Crippen molar-refractivity contribution in [3.63, 3.8) is 0 Å². The van der Waals surface area contributed by atoms with Crippen molar-refractivity contribution in [3.05, 3.63) is 24.8 Å². The minimum atomic E-state index is -1.10. The second-order valence-corrected chi connectivity index (χ2v) is 10.1. The van der Waals surface area contributed by atoms with Crippen LogP contribution < -0.4 is 10.6 Å². The van der Waals surface area contributed by atoms with Crippen LogP contribution >= 0.6 is 0 Å². The lowest BCUT2D eigenvalue weighted by Crippen LogP contribution is -2.58. The van der Waals surface area contributed by atoms with Crippen LogP contribution in [0.5, 0.6) is 0 Å². The normalized spacial score (nSPS) is 35.4. The maximum Gasteiger partial charge on any atom is 0.246 e. The first-order chi connectivity index (χ1) is 14.2. The number of ether oxygens (including phenoxy) is 1. The number of carbonyl (C=O) groups is 3. The van der Waals surface area contributed by atoms with Gasteiger partial charge in [0.2, 0.25) is 17.7 Å². The highest BCUT2D eigenvalue weighted by atomic mass is 16.5. The Morgan fingerprint density at radius 1 is 1.27 bits per heavy atom. The molecule has 1 aliphatic carbocycles. The molecule has 4 rings (SSSR count). The summed E-state index contributed by atoms with van der Waals surface area (Å²) in [5.41, 5.74) is -1.55. The second-order valence-electron chi connectivity index (χ2n) is 10.1. The Morgan fingerprint density at radius 2 is 1.97 bits per heavy atom. The molecule has 0 aromatic carbocycles. The molecule has 0 radical (unpaired) electrons. The van der Waals surface area contributed by atoms with E-state index in [4.69, 9.17) is 4.74 Å². The van der Waals surface area contributed by atoms with Gasteiger partial charge in [-0.15, -0.1) is 6.58 Å². The zero-order valence-electron chi connectivity index (χ0n) is 18.1. The first-order valence-electron chi connectivity index (χ1n) is 11.1. The summed E-state index contributed by atoms with van der Waals surface area (Å²) in [5, 5.41) is 6.15. The van der Waals surface area contributed by atoms with Crippen molar-refractivity contribution < 1.29 is 19.1 Å². The van der Waals surface area contributed by atoms with Crippen LogP contribution in [0.15, 0.2) is 24.8 Å². The fourth-order valence-electron chi connectivity index (χ4n) is 5.59. The number of hydrogen-bond acceptors (Lipinski definition) is 4. The van der Waals surface area contributed by atoms with Crippen molar-refractivity contribution in [2.45, 2.75) is 82.2 Å². The number of nitrogens with one attached hydrogen (secondary N) is 2. The third kappa shape index (κ3) is 3.37. The van der Waals surface area contributed by atoms with E-state index in [0.717, 1.165) is 25.7 Å². The molecule has 164 valence electrons. The fourth-order valence-corrected chi connectivity index (χ4v) is 5.59. The number of rotatable bonds is 5. The van der Waals surface area contributed by atoms with Crippen LogP contribution in [-0.4, -0.2) is 58.5 Å². The molecule has 1 spiro atoms. The van der Waals surface area contributed by atoms with E-state index in [1.807, 2.05) is 32.9 Å². The van der Waals surface area contributed by atoms with Gasteiger partial charge >= 0.3 is 0 Å². The van der Waals surface area contributed by atoms with Crippen LogP contribution in [0.3, 0.4) is 0 Å². The predicted octanol–water partition coefficient (Wildman–Crippen LogP) is 1.69. The smallest absolute Gasteiger partial charge is 0.246 e. The van der Waals surface area contributed by atoms with Gasteiger partial charge in [0.05, 0.1) is 17.9 Å². The van der Waals surface area contributed by atoms with E-state index in [2.05, 4.69) is 17.2 Å². The lowest BCUT2D eigenvalue weighted by Gasteiger charge is -2.34. The molecular weight excluding hydrogens is 382 g/mol. The van der Waals surface area contributed by atoms with Gasteiger partial charge in [-0.25, -0.2) is 0 Å². The number of nitrogens with zero attached hydrogens (tertiary/aromatic N) is 1. The Morgan fingerprint density at radius 3 is 2.60 bits per heavy atom. The number of amides is 3. The summed E-state index contributed by atoms with van der Waals surface area (Å²) in [6, 6.07) is -0.660. The Kier molecular flexibility index (Phi) is 5.29. The standard InChI is InChI=1S/C23H33N3O4/c1-5-13-26-18(20(28)25-22(2,3)4)23-12-11-15(30-23)16(17(23)21(26)29)19(27)24-14-9-7-6-8-10-14/h5,11-12,14-18H,1,6-10,13H2,2-4H3,(H,24,27)(H,25,28)/t15-,16+,17-,18-,23-/m1/s1. The number of fused-ring (bicyclic) bond motifs is 1. The molecule has 5 atom stereocenters. The van der Waals surface area contributed by atoms with E-state index < -0.39 is 35.1 Å². The molecule has 2 saturated heterocycles. The number of hydrogen-bond donors (Lipinski definition) is 2. The maximum absolute atomic E-state index is 13.5. The molecule has 3 fully saturated rings. The zero-order chi connectivity index (χ0) is 21.7. The summed E-state index contributed by atoms with van der Waals surface area (Å²) in [4.78, 5) is 41.5. The highest BCUT2D eigenvalue weighted by Gasteiger charge is 2.72. The molecule has 2 N–H and O–H groups in total. The summed E-state index contributed by atoms with van der Waals surface area (Å²) >= 11 is 0. The van der Waals surface area contributed by atoms with Gasteiger partial charge in [0.25, 0.3) is 0 Å². The Hall–Kier alpha value is -2.15. The Bertz CT molecular complexity index is 780. The highest BCUT2D eigenvalue weighted by molar-refractivity contribution is 6.00. The summed E-state index contributed by atoms with van der Waals surface area (Å²) in [7, 11) is 0. The molecule has 3 aliphatic heterocycles. The van der Waals surface area contributed by atoms with E-state index in [9.17, 15) is 14.4 Å². The van der Waals surface area contributed by atoms with Gasteiger partial charge in [0.15, 0.2) is 0 Å². The van der Waals surface area contributed by atoms with Gasteiger partial charge in [0.1, 0.15) is 11.6 Å². The quantitative estimate of drug-likeness (QED) is 0.669. The first kappa shape index (κ1) is 21.1. The van der Waals surface area contributed by atoms with Crippen molar-refractivity contribution >= 4 is 17.7 Å². The summed E-state index contributed by atoms with van der Waals surface area (Å²) in [5.74, 6) is -1.90. The molecule has 0 aromatic heterocycles. The van der Waals surface area contributed by atoms with Gasteiger partial charge in [-0.3, -0.25) is 14.4 Å². The highest BCUT2D eigenvalue weighted by Crippen LogP contribution is 2.55. The molecule has 3 amide bonds. The van der Waals surface area contributed by atoms with Gasteiger partial charge < -0.3 is 20.3 Å². The minimum Gasteiger partial charge on any atom is -0.359 e. The Labute approximate surface area is 178 Å². The van der Waals surface area contributed by atoms with Gasteiger partial charge in [0, 0.05) is 18.1 Å².